The van der Waals surface area contributed by atoms with Crippen molar-refractivity contribution in [1.29, 1.82) is 0 Å². The number of nitrogens with two attached hydrogens (primary N) is 2. The molecule has 0 fully saturated rings. The quantitative estimate of drug-likeness (QED) is 0.688. The number of anilines is 1. The van der Waals surface area contributed by atoms with Gasteiger partial charge in [0.05, 0.1) is 0 Å². The zero-order valence-corrected chi connectivity index (χ0v) is 7.60. The van der Waals surface area contributed by atoms with Crippen LogP contribution in [0.15, 0.2) is 18.2 Å². The Hall–Kier alpha value is -1.23. The highest BCUT2D eigenvalue weighted by molar-refractivity contribution is 5.50. The molecule has 1 atom stereocenters. The van der Waals surface area contributed by atoms with E-state index in [1.165, 1.54) is 12.1 Å². The van der Waals surface area contributed by atoms with Crippen molar-refractivity contribution in [2.75, 3.05) is 5.73 Å². The van der Waals surface area contributed by atoms with Crippen molar-refractivity contribution in [3.05, 3.63) is 29.3 Å². The number of rotatable bonds is 1. The molecule has 0 aliphatic carbocycles. The fourth-order valence-electron chi connectivity index (χ4n) is 1.14. The fraction of sp³-hybridized carbons (Fsp3) is 0.333. The lowest BCUT2D eigenvalue weighted by molar-refractivity contribution is -0.149. The summed E-state index contributed by atoms with van der Waals surface area (Å²) < 4.78 is 36.8. The minimum atomic E-state index is -4.46. The standard InChI is InChI=1S/C9H11F3N2/c1-5-2-3-7(13)6(4-5)8(14)9(10,11)12/h2-4,8H,13-14H2,1H3/t8-/m0/s1. The Labute approximate surface area is 79.7 Å². The summed E-state index contributed by atoms with van der Waals surface area (Å²) in [7, 11) is 0. The summed E-state index contributed by atoms with van der Waals surface area (Å²) in [5.74, 6) is 0. The highest BCUT2D eigenvalue weighted by Gasteiger charge is 2.38. The summed E-state index contributed by atoms with van der Waals surface area (Å²) in [6, 6.07) is 2.41. The third-order valence-corrected chi connectivity index (χ3v) is 1.93. The van der Waals surface area contributed by atoms with Gasteiger partial charge in [0.25, 0.3) is 0 Å². The number of benzene rings is 1. The summed E-state index contributed by atoms with van der Waals surface area (Å²) >= 11 is 0. The summed E-state index contributed by atoms with van der Waals surface area (Å²) in [5.41, 5.74) is 11.1. The maximum atomic E-state index is 12.3. The van der Waals surface area contributed by atoms with Crippen LogP contribution in [0.2, 0.25) is 0 Å². The van der Waals surface area contributed by atoms with Gasteiger partial charge in [0.2, 0.25) is 0 Å². The Morgan fingerprint density at radius 3 is 2.36 bits per heavy atom. The number of nitrogen functional groups attached to an aromatic ring is 1. The fourth-order valence-corrected chi connectivity index (χ4v) is 1.14. The van der Waals surface area contributed by atoms with Crippen LogP contribution in [0, 0.1) is 6.92 Å². The van der Waals surface area contributed by atoms with E-state index >= 15 is 0 Å². The number of halogens is 3. The van der Waals surface area contributed by atoms with Crippen LogP contribution in [-0.4, -0.2) is 6.18 Å². The SMILES string of the molecule is Cc1ccc(N)c([C@H](N)C(F)(F)F)c1. The van der Waals surface area contributed by atoms with E-state index in [9.17, 15) is 13.2 Å². The van der Waals surface area contributed by atoms with Crippen molar-refractivity contribution in [2.45, 2.75) is 19.1 Å². The average molecular weight is 204 g/mol. The lowest BCUT2D eigenvalue weighted by Gasteiger charge is -2.18. The van der Waals surface area contributed by atoms with Crippen LogP contribution >= 0.6 is 0 Å². The zero-order chi connectivity index (χ0) is 10.9. The molecule has 78 valence electrons. The third kappa shape index (κ3) is 2.17. The molecule has 1 aromatic carbocycles. The summed E-state index contributed by atoms with van der Waals surface area (Å²) in [5, 5.41) is 0. The van der Waals surface area contributed by atoms with Gasteiger partial charge in [-0.25, -0.2) is 0 Å². The second-order valence-electron chi connectivity index (χ2n) is 3.15. The van der Waals surface area contributed by atoms with E-state index in [0.717, 1.165) is 0 Å². The monoisotopic (exact) mass is 204 g/mol. The van der Waals surface area contributed by atoms with Gasteiger partial charge < -0.3 is 11.5 Å². The maximum Gasteiger partial charge on any atom is 0.407 e. The molecule has 0 aromatic heterocycles. The average Bonchev–Trinajstić information content (AvgIpc) is 2.06. The van der Waals surface area contributed by atoms with E-state index in [-0.39, 0.29) is 11.3 Å². The Balaban J connectivity index is 3.12. The minimum Gasteiger partial charge on any atom is -0.398 e. The molecule has 1 rings (SSSR count). The largest absolute Gasteiger partial charge is 0.407 e. The Morgan fingerprint density at radius 2 is 1.86 bits per heavy atom. The molecule has 0 radical (unpaired) electrons. The summed E-state index contributed by atoms with van der Waals surface area (Å²) in [4.78, 5) is 0. The topological polar surface area (TPSA) is 52.0 Å². The molecule has 14 heavy (non-hydrogen) atoms. The highest BCUT2D eigenvalue weighted by atomic mass is 19.4. The lowest BCUT2D eigenvalue weighted by Crippen LogP contribution is -2.29. The second-order valence-corrected chi connectivity index (χ2v) is 3.15. The molecular weight excluding hydrogens is 193 g/mol. The van der Waals surface area contributed by atoms with E-state index in [4.69, 9.17) is 11.5 Å². The summed E-state index contributed by atoms with van der Waals surface area (Å²) in [6.07, 6.45) is -4.46. The number of hydrogen-bond donors (Lipinski definition) is 2. The van der Waals surface area contributed by atoms with Gasteiger partial charge in [-0.2, -0.15) is 13.2 Å². The van der Waals surface area contributed by atoms with Gasteiger partial charge in [-0.3, -0.25) is 0 Å². The first-order valence-corrected chi connectivity index (χ1v) is 4.00. The van der Waals surface area contributed by atoms with Crippen molar-refractivity contribution >= 4 is 5.69 Å². The van der Waals surface area contributed by atoms with E-state index in [0.29, 0.717) is 5.56 Å². The normalized spacial score (nSPS) is 14.1. The van der Waals surface area contributed by atoms with Gasteiger partial charge in [0.1, 0.15) is 6.04 Å². The molecule has 0 bridgehead atoms. The summed E-state index contributed by atoms with van der Waals surface area (Å²) in [6.45, 7) is 1.69. The molecule has 0 heterocycles. The molecule has 0 aliphatic rings. The van der Waals surface area contributed by atoms with Gasteiger partial charge in [-0.15, -0.1) is 0 Å². The highest BCUT2D eigenvalue weighted by Crippen LogP contribution is 2.33. The van der Waals surface area contributed by atoms with Gasteiger partial charge in [0, 0.05) is 11.3 Å². The first-order chi connectivity index (χ1) is 6.32. The second kappa shape index (κ2) is 3.49. The van der Waals surface area contributed by atoms with Crippen LogP contribution in [-0.2, 0) is 0 Å². The van der Waals surface area contributed by atoms with Crippen molar-refractivity contribution in [2.24, 2.45) is 5.73 Å². The van der Waals surface area contributed by atoms with Gasteiger partial charge >= 0.3 is 6.18 Å². The number of hydrogen-bond acceptors (Lipinski definition) is 2. The van der Waals surface area contributed by atoms with Crippen molar-refractivity contribution in [3.8, 4) is 0 Å². The Bertz CT molecular complexity index is 333. The smallest absolute Gasteiger partial charge is 0.398 e. The van der Waals surface area contributed by atoms with E-state index < -0.39 is 12.2 Å². The number of alkyl halides is 3. The molecule has 0 unspecified atom stereocenters. The van der Waals surface area contributed by atoms with Crippen LogP contribution in [0.4, 0.5) is 18.9 Å². The predicted molar refractivity (Wildman–Crippen MR) is 48.6 cm³/mol. The van der Waals surface area contributed by atoms with Crippen LogP contribution < -0.4 is 11.5 Å². The maximum absolute atomic E-state index is 12.3. The van der Waals surface area contributed by atoms with Crippen LogP contribution in [0.1, 0.15) is 17.2 Å². The van der Waals surface area contributed by atoms with Gasteiger partial charge in [-0.05, 0) is 13.0 Å². The van der Waals surface area contributed by atoms with Crippen LogP contribution in [0.3, 0.4) is 0 Å². The van der Waals surface area contributed by atoms with E-state index in [1.54, 1.807) is 13.0 Å². The van der Waals surface area contributed by atoms with Gasteiger partial charge in [-0.1, -0.05) is 17.7 Å². The van der Waals surface area contributed by atoms with Crippen molar-refractivity contribution in [1.82, 2.24) is 0 Å². The molecule has 0 saturated carbocycles. The predicted octanol–water partition coefficient (Wildman–Crippen LogP) is 2.14. The Morgan fingerprint density at radius 1 is 1.29 bits per heavy atom. The molecule has 2 nitrogen and oxygen atoms in total. The van der Waals surface area contributed by atoms with Gasteiger partial charge in [0.15, 0.2) is 0 Å². The van der Waals surface area contributed by atoms with Crippen LogP contribution in [0.25, 0.3) is 0 Å². The van der Waals surface area contributed by atoms with Crippen LogP contribution in [0.5, 0.6) is 0 Å². The number of aryl methyl sites for hydroxylation is 1. The molecule has 4 N–H and O–H groups in total. The molecule has 0 amide bonds. The van der Waals surface area contributed by atoms with E-state index in [2.05, 4.69) is 0 Å². The van der Waals surface area contributed by atoms with Crippen molar-refractivity contribution < 1.29 is 13.2 Å². The van der Waals surface area contributed by atoms with Crippen molar-refractivity contribution in [3.63, 3.8) is 0 Å². The first-order valence-electron chi connectivity index (χ1n) is 4.00. The lowest BCUT2D eigenvalue weighted by atomic mass is 10.0. The first kappa shape index (κ1) is 10.8. The molecular formula is C9H11F3N2. The Kier molecular flexibility index (Phi) is 2.71. The molecule has 1 aromatic rings. The third-order valence-electron chi connectivity index (χ3n) is 1.93. The minimum absolute atomic E-state index is 0.0698. The molecule has 0 spiro atoms. The molecule has 0 saturated heterocycles. The molecule has 0 aliphatic heterocycles. The zero-order valence-electron chi connectivity index (χ0n) is 7.60. The van der Waals surface area contributed by atoms with E-state index in [1.807, 2.05) is 0 Å². The molecule has 5 heteroatoms.